The van der Waals surface area contributed by atoms with E-state index in [9.17, 15) is 17.6 Å². The summed E-state index contributed by atoms with van der Waals surface area (Å²) < 4.78 is 39.6. The van der Waals surface area contributed by atoms with Crippen molar-refractivity contribution in [2.45, 2.75) is 17.7 Å². The van der Waals surface area contributed by atoms with Gasteiger partial charge in [-0.1, -0.05) is 6.07 Å². The molecule has 1 heterocycles. The zero-order valence-corrected chi connectivity index (χ0v) is 11.8. The molecule has 112 valence electrons. The highest BCUT2D eigenvalue weighted by Gasteiger charge is 2.34. The van der Waals surface area contributed by atoms with Crippen LogP contribution < -0.4 is 0 Å². The monoisotopic (exact) mass is 312 g/mol. The number of nitrogens with zero attached hydrogens (tertiary/aromatic N) is 2. The Morgan fingerprint density at radius 2 is 2.19 bits per heavy atom. The number of carbonyl (C=O) groups is 1. The highest BCUT2D eigenvalue weighted by Crippen LogP contribution is 2.26. The number of piperidine rings is 1. The molecule has 1 aliphatic rings. The Morgan fingerprint density at radius 1 is 1.48 bits per heavy atom. The van der Waals surface area contributed by atoms with E-state index in [1.165, 1.54) is 6.07 Å². The lowest BCUT2D eigenvalue weighted by molar-refractivity contribution is -0.142. The van der Waals surface area contributed by atoms with Crippen LogP contribution in [0.2, 0.25) is 0 Å². The minimum absolute atomic E-state index is 0.160. The van der Waals surface area contributed by atoms with E-state index in [1.54, 1.807) is 6.07 Å². The summed E-state index contributed by atoms with van der Waals surface area (Å²) in [7, 11) is -4.09. The molecule has 1 aliphatic heterocycles. The molecule has 8 heteroatoms. The maximum Gasteiger partial charge on any atom is 0.307 e. The van der Waals surface area contributed by atoms with E-state index in [0.717, 1.165) is 16.4 Å². The Hall–Kier alpha value is -1.98. The SMILES string of the molecule is N#Cc1c(F)cccc1S(=O)(=O)N1CCC[C@H](C(=O)O)C1. The molecule has 1 fully saturated rings. The lowest BCUT2D eigenvalue weighted by Crippen LogP contribution is -2.42. The van der Waals surface area contributed by atoms with Crippen molar-refractivity contribution >= 4 is 16.0 Å². The Bertz CT molecular complexity index is 711. The molecule has 1 aromatic rings. The topological polar surface area (TPSA) is 98.5 Å². The number of halogens is 1. The predicted molar refractivity (Wildman–Crippen MR) is 70.2 cm³/mol. The van der Waals surface area contributed by atoms with Gasteiger partial charge in [-0.3, -0.25) is 4.79 Å². The summed E-state index contributed by atoms with van der Waals surface area (Å²) in [5, 5.41) is 17.9. The summed E-state index contributed by atoms with van der Waals surface area (Å²) in [5.74, 6) is -2.76. The molecule has 0 amide bonds. The smallest absolute Gasteiger partial charge is 0.307 e. The van der Waals surface area contributed by atoms with Crippen molar-refractivity contribution in [3.8, 4) is 6.07 Å². The first-order valence-electron chi connectivity index (χ1n) is 6.29. The van der Waals surface area contributed by atoms with Crippen LogP contribution in [-0.4, -0.2) is 36.9 Å². The molecule has 1 saturated heterocycles. The Balaban J connectivity index is 2.41. The predicted octanol–water partition coefficient (Wildman–Crippen LogP) is 1.18. The molecule has 0 radical (unpaired) electrons. The van der Waals surface area contributed by atoms with Crippen LogP contribution in [0.5, 0.6) is 0 Å². The van der Waals surface area contributed by atoms with Crippen LogP contribution in [0.25, 0.3) is 0 Å². The fourth-order valence-electron chi connectivity index (χ4n) is 2.33. The lowest BCUT2D eigenvalue weighted by Gasteiger charge is -2.30. The molecule has 0 aliphatic carbocycles. The number of hydrogen-bond acceptors (Lipinski definition) is 4. The van der Waals surface area contributed by atoms with Crippen LogP contribution in [0.3, 0.4) is 0 Å². The number of carboxylic acid groups (broad SMARTS) is 1. The van der Waals surface area contributed by atoms with E-state index in [-0.39, 0.29) is 13.1 Å². The first-order chi connectivity index (χ1) is 9.87. The first kappa shape index (κ1) is 15.4. The second-order valence-electron chi connectivity index (χ2n) is 4.77. The van der Waals surface area contributed by atoms with Gasteiger partial charge in [-0.2, -0.15) is 9.57 Å². The molecule has 6 nitrogen and oxygen atoms in total. The molecule has 1 aromatic carbocycles. The lowest BCUT2D eigenvalue weighted by atomic mass is 10.0. The summed E-state index contributed by atoms with van der Waals surface area (Å²) >= 11 is 0. The average molecular weight is 312 g/mol. The van der Waals surface area contributed by atoms with Crippen molar-refractivity contribution in [2.75, 3.05) is 13.1 Å². The first-order valence-corrected chi connectivity index (χ1v) is 7.73. The molecule has 0 spiro atoms. The van der Waals surface area contributed by atoms with Crippen molar-refractivity contribution < 1.29 is 22.7 Å². The molecule has 2 rings (SSSR count). The molecule has 1 N–H and O–H groups in total. The molecular weight excluding hydrogens is 299 g/mol. The molecule has 1 atom stereocenters. The summed E-state index contributed by atoms with van der Waals surface area (Å²) in [6, 6.07) is 4.92. The number of sulfonamides is 1. The quantitative estimate of drug-likeness (QED) is 0.903. The summed E-state index contributed by atoms with van der Waals surface area (Å²) in [5.41, 5.74) is -0.546. The zero-order chi connectivity index (χ0) is 15.6. The largest absolute Gasteiger partial charge is 0.481 e. The third-order valence-corrected chi connectivity index (χ3v) is 5.35. The van der Waals surface area contributed by atoms with Crippen LogP contribution in [0.15, 0.2) is 23.1 Å². The highest BCUT2D eigenvalue weighted by molar-refractivity contribution is 7.89. The number of nitriles is 1. The van der Waals surface area contributed by atoms with Gasteiger partial charge in [-0.15, -0.1) is 0 Å². The second-order valence-corrected chi connectivity index (χ2v) is 6.67. The average Bonchev–Trinajstić information content (AvgIpc) is 2.47. The van der Waals surface area contributed by atoms with E-state index < -0.39 is 38.2 Å². The molecule has 21 heavy (non-hydrogen) atoms. The Labute approximate surface area is 121 Å². The van der Waals surface area contributed by atoms with Crippen LogP contribution in [0.1, 0.15) is 18.4 Å². The van der Waals surface area contributed by atoms with Gasteiger partial charge in [-0.25, -0.2) is 12.8 Å². The van der Waals surface area contributed by atoms with E-state index in [1.807, 2.05) is 0 Å². The normalized spacial score (nSPS) is 19.9. The van der Waals surface area contributed by atoms with E-state index in [2.05, 4.69) is 0 Å². The van der Waals surface area contributed by atoms with Crippen molar-refractivity contribution in [3.05, 3.63) is 29.6 Å². The van der Waals surface area contributed by atoms with Gasteiger partial charge in [-0.05, 0) is 25.0 Å². The number of benzene rings is 1. The summed E-state index contributed by atoms with van der Waals surface area (Å²) in [6.07, 6.45) is 0.809. The van der Waals surface area contributed by atoms with Crippen LogP contribution >= 0.6 is 0 Å². The molecular formula is C13H13FN2O4S. The van der Waals surface area contributed by atoms with Gasteiger partial charge >= 0.3 is 5.97 Å². The maximum atomic E-state index is 13.6. The van der Waals surface area contributed by atoms with Gasteiger partial charge in [0, 0.05) is 13.1 Å². The standard InChI is InChI=1S/C13H13FN2O4S/c14-11-4-1-5-12(10(11)7-15)21(19,20)16-6-2-3-9(8-16)13(17)18/h1,4-5,9H,2-3,6,8H2,(H,17,18)/t9-/m0/s1. The molecule has 0 unspecified atom stereocenters. The van der Waals surface area contributed by atoms with Gasteiger partial charge < -0.3 is 5.11 Å². The highest BCUT2D eigenvalue weighted by atomic mass is 32.2. The van der Waals surface area contributed by atoms with Gasteiger partial charge in [0.05, 0.1) is 5.92 Å². The van der Waals surface area contributed by atoms with Crippen molar-refractivity contribution in [1.82, 2.24) is 4.31 Å². The van der Waals surface area contributed by atoms with E-state index in [0.29, 0.717) is 12.8 Å². The Kier molecular flexibility index (Phi) is 4.25. The fourth-order valence-corrected chi connectivity index (χ4v) is 4.00. The number of hydrogen-bond donors (Lipinski definition) is 1. The summed E-state index contributed by atoms with van der Waals surface area (Å²) in [4.78, 5) is 10.6. The fraction of sp³-hybridized carbons (Fsp3) is 0.385. The van der Waals surface area contributed by atoms with E-state index in [4.69, 9.17) is 10.4 Å². The van der Waals surface area contributed by atoms with Crippen molar-refractivity contribution in [3.63, 3.8) is 0 Å². The van der Waals surface area contributed by atoms with Crippen LogP contribution in [0, 0.1) is 23.1 Å². The number of aliphatic carboxylic acids is 1. The third-order valence-electron chi connectivity index (χ3n) is 3.44. The minimum atomic E-state index is -4.09. The molecule has 0 saturated carbocycles. The minimum Gasteiger partial charge on any atom is -0.481 e. The van der Waals surface area contributed by atoms with Crippen molar-refractivity contribution in [2.24, 2.45) is 5.92 Å². The third kappa shape index (κ3) is 2.89. The number of carboxylic acids is 1. The maximum absolute atomic E-state index is 13.6. The zero-order valence-electron chi connectivity index (χ0n) is 11.0. The van der Waals surface area contributed by atoms with Gasteiger partial charge in [0.25, 0.3) is 0 Å². The second kappa shape index (κ2) is 5.79. The van der Waals surface area contributed by atoms with Crippen LogP contribution in [0.4, 0.5) is 4.39 Å². The van der Waals surface area contributed by atoms with Gasteiger partial charge in [0.1, 0.15) is 22.3 Å². The molecule has 0 bridgehead atoms. The van der Waals surface area contributed by atoms with Gasteiger partial charge in [0.2, 0.25) is 10.0 Å². The van der Waals surface area contributed by atoms with Gasteiger partial charge in [0.15, 0.2) is 0 Å². The van der Waals surface area contributed by atoms with Crippen molar-refractivity contribution in [1.29, 1.82) is 5.26 Å². The Morgan fingerprint density at radius 3 is 2.81 bits per heavy atom. The van der Waals surface area contributed by atoms with E-state index >= 15 is 0 Å². The molecule has 0 aromatic heterocycles. The summed E-state index contributed by atoms with van der Waals surface area (Å²) in [6.45, 7) is -0.00740. The van der Waals surface area contributed by atoms with Crippen LogP contribution in [-0.2, 0) is 14.8 Å². The number of rotatable bonds is 3.